The molecule has 84 valence electrons. The Morgan fingerprint density at radius 2 is 2.31 bits per heavy atom. The zero-order chi connectivity index (χ0) is 11.5. The minimum Gasteiger partial charge on any atom is -0.388 e. The van der Waals surface area contributed by atoms with E-state index in [2.05, 4.69) is 4.98 Å². The van der Waals surface area contributed by atoms with Gasteiger partial charge >= 0.3 is 0 Å². The van der Waals surface area contributed by atoms with E-state index in [9.17, 15) is 5.11 Å². The molecule has 1 unspecified atom stereocenters. The van der Waals surface area contributed by atoms with Crippen LogP contribution in [-0.4, -0.2) is 10.1 Å². The van der Waals surface area contributed by atoms with Gasteiger partial charge in [-0.15, -0.1) is 11.3 Å². The number of aliphatic hydroxyl groups is 1. The number of aliphatic hydroxyl groups excluding tert-OH is 1. The van der Waals surface area contributed by atoms with E-state index >= 15 is 0 Å². The molecular formula is C12H12ClNOS. The fourth-order valence-electron chi connectivity index (χ4n) is 1.60. The Morgan fingerprint density at radius 1 is 1.50 bits per heavy atom. The molecule has 0 aliphatic carbocycles. The molecule has 0 aliphatic rings. The minimum atomic E-state index is -0.537. The van der Waals surface area contributed by atoms with Gasteiger partial charge in [-0.25, -0.2) is 4.98 Å². The molecule has 2 nitrogen and oxygen atoms in total. The molecule has 2 aromatic rings. The van der Waals surface area contributed by atoms with Gasteiger partial charge in [0.25, 0.3) is 0 Å². The van der Waals surface area contributed by atoms with E-state index in [1.165, 1.54) is 0 Å². The summed E-state index contributed by atoms with van der Waals surface area (Å²) in [4.78, 5) is 4.16. The highest BCUT2D eigenvalue weighted by Crippen LogP contribution is 2.25. The molecule has 0 bridgehead atoms. The molecule has 0 aliphatic heterocycles. The lowest BCUT2D eigenvalue weighted by atomic mass is 10.0. The van der Waals surface area contributed by atoms with Crippen molar-refractivity contribution in [3.63, 3.8) is 0 Å². The quantitative estimate of drug-likeness (QED) is 0.910. The first-order chi connectivity index (χ1) is 7.66. The summed E-state index contributed by atoms with van der Waals surface area (Å²) in [6.07, 6.45) is 1.75. The molecule has 0 fully saturated rings. The highest BCUT2D eigenvalue weighted by molar-refractivity contribution is 7.09. The first-order valence-electron chi connectivity index (χ1n) is 4.99. The number of hydrogen-bond donors (Lipinski definition) is 1. The number of aryl methyl sites for hydroxylation is 1. The third kappa shape index (κ3) is 2.61. The zero-order valence-electron chi connectivity index (χ0n) is 8.85. The molecule has 1 N–H and O–H groups in total. The van der Waals surface area contributed by atoms with E-state index < -0.39 is 6.10 Å². The van der Waals surface area contributed by atoms with Crippen LogP contribution < -0.4 is 0 Å². The van der Waals surface area contributed by atoms with Crippen molar-refractivity contribution in [2.24, 2.45) is 0 Å². The third-order valence-electron chi connectivity index (χ3n) is 2.45. The van der Waals surface area contributed by atoms with Crippen molar-refractivity contribution in [3.05, 3.63) is 50.9 Å². The molecule has 1 aromatic carbocycles. The molecule has 1 atom stereocenters. The fourth-order valence-corrected chi connectivity index (χ4v) is 2.43. The van der Waals surface area contributed by atoms with Crippen LogP contribution in [0.15, 0.2) is 29.8 Å². The molecule has 2 rings (SSSR count). The summed E-state index contributed by atoms with van der Waals surface area (Å²) in [6, 6.07) is 5.56. The largest absolute Gasteiger partial charge is 0.388 e. The molecule has 1 aromatic heterocycles. The van der Waals surface area contributed by atoms with Crippen LogP contribution in [0.4, 0.5) is 0 Å². The third-order valence-corrected chi connectivity index (χ3v) is 3.49. The van der Waals surface area contributed by atoms with Crippen molar-refractivity contribution in [2.45, 2.75) is 19.4 Å². The van der Waals surface area contributed by atoms with Gasteiger partial charge in [0.15, 0.2) is 0 Å². The first-order valence-corrected chi connectivity index (χ1v) is 6.25. The Balaban J connectivity index is 2.20. The SMILES string of the molecule is Cc1ccc(Cl)cc1C(O)Cc1nccs1. The lowest BCUT2D eigenvalue weighted by Gasteiger charge is -2.12. The number of halogens is 1. The van der Waals surface area contributed by atoms with Crippen LogP contribution in [0.5, 0.6) is 0 Å². The smallest absolute Gasteiger partial charge is 0.0954 e. The average molecular weight is 254 g/mol. The Morgan fingerprint density at radius 3 is 3.00 bits per heavy atom. The second-order valence-electron chi connectivity index (χ2n) is 3.65. The normalized spacial score (nSPS) is 12.7. The van der Waals surface area contributed by atoms with Crippen molar-refractivity contribution < 1.29 is 5.11 Å². The summed E-state index contributed by atoms with van der Waals surface area (Å²) >= 11 is 7.47. The van der Waals surface area contributed by atoms with Crippen LogP contribution in [0, 0.1) is 6.92 Å². The lowest BCUT2D eigenvalue weighted by Crippen LogP contribution is -2.03. The van der Waals surface area contributed by atoms with Gasteiger partial charge in [0, 0.05) is 23.0 Å². The Labute approximate surface area is 104 Å². The van der Waals surface area contributed by atoms with Crippen molar-refractivity contribution in [2.75, 3.05) is 0 Å². The molecular weight excluding hydrogens is 242 g/mol. The fraction of sp³-hybridized carbons (Fsp3) is 0.250. The molecule has 0 saturated heterocycles. The van der Waals surface area contributed by atoms with E-state index in [0.717, 1.165) is 16.1 Å². The van der Waals surface area contributed by atoms with E-state index in [0.29, 0.717) is 11.4 Å². The summed E-state index contributed by atoms with van der Waals surface area (Å²) in [5.41, 5.74) is 1.93. The number of hydrogen-bond acceptors (Lipinski definition) is 3. The Kier molecular flexibility index (Phi) is 3.59. The summed E-state index contributed by atoms with van der Waals surface area (Å²) in [6.45, 7) is 1.97. The number of aromatic nitrogens is 1. The van der Waals surface area contributed by atoms with Crippen LogP contribution in [-0.2, 0) is 6.42 Å². The van der Waals surface area contributed by atoms with Crippen LogP contribution in [0.1, 0.15) is 22.2 Å². The topological polar surface area (TPSA) is 33.1 Å². The van der Waals surface area contributed by atoms with Crippen molar-refractivity contribution in [3.8, 4) is 0 Å². The predicted octanol–water partition coefficient (Wildman–Crippen LogP) is 3.38. The van der Waals surface area contributed by atoms with Gasteiger partial charge in [0.1, 0.15) is 0 Å². The van der Waals surface area contributed by atoms with Gasteiger partial charge in [0.2, 0.25) is 0 Å². The maximum atomic E-state index is 10.1. The first kappa shape index (κ1) is 11.6. The van der Waals surface area contributed by atoms with Crippen LogP contribution in [0.2, 0.25) is 5.02 Å². The molecule has 0 amide bonds. The van der Waals surface area contributed by atoms with E-state index in [-0.39, 0.29) is 0 Å². The molecule has 0 saturated carbocycles. The summed E-state index contributed by atoms with van der Waals surface area (Å²) in [5, 5.41) is 13.6. The van der Waals surface area contributed by atoms with Crippen molar-refractivity contribution >= 4 is 22.9 Å². The van der Waals surface area contributed by atoms with Gasteiger partial charge in [-0.3, -0.25) is 0 Å². The lowest BCUT2D eigenvalue weighted by molar-refractivity contribution is 0.177. The van der Waals surface area contributed by atoms with Crippen molar-refractivity contribution in [1.82, 2.24) is 4.98 Å². The summed E-state index contributed by atoms with van der Waals surface area (Å²) in [5.74, 6) is 0. The second-order valence-corrected chi connectivity index (χ2v) is 5.06. The van der Waals surface area contributed by atoms with Crippen LogP contribution >= 0.6 is 22.9 Å². The maximum absolute atomic E-state index is 10.1. The molecule has 4 heteroatoms. The maximum Gasteiger partial charge on any atom is 0.0954 e. The minimum absolute atomic E-state index is 0.537. The van der Waals surface area contributed by atoms with Gasteiger partial charge in [-0.1, -0.05) is 17.7 Å². The van der Waals surface area contributed by atoms with Crippen LogP contribution in [0.3, 0.4) is 0 Å². The zero-order valence-corrected chi connectivity index (χ0v) is 10.4. The summed E-state index contributed by atoms with van der Waals surface area (Å²) in [7, 11) is 0. The highest BCUT2D eigenvalue weighted by atomic mass is 35.5. The summed E-state index contributed by atoms with van der Waals surface area (Å²) < 4.78 is 0. The van der Waals surface area contributed by atoms with E-state index in [1.807, 2.05) is 30.5 Å². The standard InChI is InChI=1S/C12H12ClNOS/c1-8-2-3-9(13)6-10(8)11(15)7-12-14-4-5-16-12/h2-6,11,15H,7H2,1H3. The number of nitrogens with zero attached hydrogens (tertiary/aromatic N) is 1. The van der Waals surface area contributed by atoms with Crippen molar-refractivity contribution in [1.29, 1.82) is 0 Å². The number of thiazole rings is 1. The number of rotatable bonds is 3. The molecule has 1 heterocycles. The monoisotopic (exact) mass is 253 g/mol. The van der Waals surface area contributed by atoms with Gasteiger partial charge in [-0.05, 0) is 30.2 Å². The predicted molar refractivity (Wildman–Crippen MR) is 67.0 cm³/mol. The van der Waals surface area contributed by atoms with E-state index in [1.54, 1.807) is 17.5 Å². The molecule has 0 spiro atoms. The van der Waals surface area contributed by atoms with Gasteiger partial charge in [0.05, 0.1) is 11.1 Å². The average Bonchev–Trinajstić information content (AvgIpc) is 2.74. The molecule has 16 heavy (non-hydrogen) atoms. The van der Waals surface area contributed by atoms with E-state index in [4.69, 9.17) is 11.6 Å². The van der Waals surface area contributed by atoms with Gasteiger partial charge in [-0.2, -0.15) is 0 Å². The van der Waals surface area contributed by atoms with Gasteiger partial charge < -0.3 is 5.11 Å². The highest BCUT2D eigenvalue weighted by Gasteiger charge is 2.12. The Bertz CT molecular complexity index is 470. The molecule has 0 radical (unpaired) electrons. The number of benzene rings is 1. The van der Waals surface area contributed by atoms with Crippen LogP contribution in [0.25, 0.3) is 0 Å². The second kappa shape index (κ2) is 4.95. The Hall–Kier alpha value is -0.900.